The number of aryl methyl sites for hydroxylation is 1. The molecular weight excluding hydrogens is 578 g/mol. The van der Waals surface area contributed by atoms with Crippen molar-refractivity contribution in [3.63, 3.8) is 0 Å². The van der Waals surface area contributed by atoms with Crippen LogP contribution in [0.15, 0.2) is 42.7 Å². The van der Waals surface area contributed by atoms with Gasteiger partial charge in [0.1, 0.15) is 5.60 Å². The number of rotatable bonds is 6. The minimum Gasteiger partial charge on any atom is -0.475 e. The molecule has 0 aliphatic carbocycles. The van der Waals surface area contributed by atoms with E-state index in [1.807, 2.05) is 6.07 Å². The number of aliphatic carboxylic acids is 2. The molecule has 3 N–H and O–H groups in total. The zero-order valence-corrected chi connectivity index (χ0v) is 22.6. The first-order valence-corrected chi connectivity index (χ1v) is 12.8. The van der Waals surface area contributed by atoms with Gasteiger partial charge < -0.3 is 25.0 Å². The van der Waals surface area contributed by atoms with Crippen molar-refractivity contribution in [3.05, 3.63) is 53.9 Å². The van der Waals surface area contributed by atoms with E-state index in [1.54, 1.807) is 12.4 Å². The smallest absolute Gasteiger partial charge is 0.475 e. The molecule has 0 amide bonds. The second-order valence-corrected chi connectivity index (χ2v) is 9.45. The standard InChI is InChI=1S/C22H30N4O2.2C2HF3O2/c1-2-18-4-6-19(7-5-18)15-26-12-13-27-17-22(16-26)9-8-20(28-22)14-25-21-23-10-3-11-24-21;2*3-2(4,5)1(6)7/h3-7,10-11,20H,2,8-9,12-17H2,1H3,(H,23,24,25);2*(H,6,7)/t20-,22+;;/m1../s1. The molecule has 2 atom stereocenters. The molecule has 2 aromatic rings. The monoisotopic (exact) mass is 610 g/mol. The Kier molecular flexibility index (Phi) is 12.9. The number of alkyl halides is 6. The molecule has 2 aliphatic heterocycles. The molecule has 234 valence electrons. The number of carbonyl (C=O) groups is 2. The van der Waals surface area contributed by atoms with Crippen LogP contribution in [-0.4, -0.2) is 93.9 Å². The van der Waals surface area contributed by atoms with E-state index in [-0.39, 0.29) is 11.7 Å². The highest BCUT2D eigenvalue weighted by atomic mass is 19.4. The molecule has 0 bridgehead atoms. The first kappa shape index (κ1) is 34.7. The fraction of sp³-hybridized carbons (Fsp3) is 0.538. The largest absolute Gasteiger partial charge is 0.490 e. The lowest BCUT2D eigenvalue weighted by molar-refractivity contribution is -0.193. The van der Waals surface area contributed by atoms with Crippen LogP contribution in [0, 0.1) is 0 Å². The predicted octanol–water partition coefficient (Wildman–Crippen LogP) is 4.17. The van der Waals surface area contributed by atoms with Crippen LogP contribution < -0.4 is 5.32 Å². The first-order chi connectivity index (χ1) is 19.6. The van der Waals surface area contributed by atoms with Crippen molar-refractivity contribution in [1.82, 2.24) is 14.9 Å². The quantitative estimate of drug-likeness (QED) is 0.410. The number of nitrogens with one attached hydrogen (secondary N) is 1. The van der Waals surface area contributed by atoms with Crippen molar-refractivity contribution in [2.75, 3.05) is 38.2 Å². The van der Waals surface area contributed by atoms with Gasteiger partial charge in [0.05, 0.1) is 19.3 Å². The summed E-state index contributed by atoms with van der Waals surface area (Å²) in [6.45, 7) is 7.17. The maximum absolute atomic E-state index is 10.6. The molecule has 42 heavy (non-hydrogen) atoms. The number of halogens is 6. The van der Waals surface area contributed by atoms with Gasteiger partial charge in [0, 0.05) is 38.6 Å². The van der Waals surface area contributed by atoms with Crippen LogP contribution in [0.1, 0.15) is 30.9 Å². The number of nitrogens with zero attached hydrogens (tertiary/aromatic N) is 3. The molecule has 3 heterocycles. The maximum atomic E-state index is 10.6. The van der Waals surface area contributed by atoms with Gasteiger partial charge in [0.15, 0.2) is 0 Å². The fourth-order valence-corrected chi connectivity index (χ4v) is 4.11. The Morgan fingerprint density at radius 1 is 1.02 bits per heavy atom. The van der Waals surface area contributed by atoms with Crippen molar-refractivity contribution in [1.29, 1.82) is 0 Å². The molecule has 16 heteroatoms. The molecule has 10 nitrogen and oxygen atoms in total. The van der Waals surface area contributed by atoms with Gasteiger partial charge in [-0.3, -0.25) is 4.90 Å². The Morgan fingerprint density at radius 3 is 2.10 bits per heavy atom. The summed E-state index contributed by atoms with van der Waals surface area (Å²) in [7, 11) is 0. The van der Waals surface area contributed by atoms with E-state index in [0.29, 0.717) is 12.6 Å². The van der Waals surface area contributed by atoms with Gasteiger partial charge in [-0.1, -0.05) is 31.2 Å². The summed E-state index contributed by atoms with van der Waals surface area (Å²) in [4.78, 5) is 28.7. The fourth-order valence-electron chi connectivity index (χ4n) is 4.11. The first-order valence-electron chi connectivity index (χ1n) is 12.8. The SMILES string of the molecule is CCc1ccc(CN2CCOC[C@]3(CC[C@H](CNc4ncccn4)O3)C2)cc1.O=C(O)C(F)(F)F.O=C(O)C(F)(F)F. The van der Waals surface area contributed by atoms with Crippen LogP contribution in [0.5, 0.6) is 0 Å². The van der Waals surface area contributed by atoms with Gasteiger partial charge in [-0.25, -0.2) is 19.6 Å². The average Bonchev–Trinajstić information content (AvgIpc) is 3.22. The zero-order chi connectivity index (χ0) is 31.4. The number of carboxylic acids is 2. The summed E-state index contributed by atoms with van der Waals surface area (Å²) in [5, 5.41) is 17.5. The predicted molar refractivity (Wildman–Crippen MR) is 137 cm³/mol. The minimum absolute atomic E-state index is 0.163. The number of hydrogen-bond acceptors (Lipinski definition) is 8. The van der Waals surface area contributed by atoms with Crippen molar-refractivity contribution in [3.8, 4) is 0 Å². The molecule has 4 rings (SSSR count). The Hall–Kier alpha value is -3.50. The van der Waals surface area contributed by atoms with E-state index < -0.39 is 24.3 Å². The lowest BCUT2D eigenvalue weighted by Gasteiger charge is -2.32. The molecule has 2 aliphatic rings. The highest BCUT2D eigenvalue weighted by molar-refractivity contribution is 5.73. The van der Waals surface area contributed by atoms with Crippen molar-refractivity contribution >= 4 is 17.9 Å². The second kappa shape index (κ2) is 15.7. The Morgan fingerprint density at radius 2 is 1.57 bits per heavy atom. The molecule has 1 aromatic carbocycles. The molecule has 2 saturated heterocycles. The third-order valence-corrected chi connectivity index (χ3v) is 6.14. The van der Waals surface area contributed by atoms with E-state index in [9.17, 15) is 26.3 Å². The number of benzene rings is 1. The van der Waals surface area contributed by atoms with Gasteiger partial charge in [-0.05, 0) is 36.5 Å². The highest BCUT2D eigenvalue weighted by Crippen LogP contribution is 2.33. The second-order valence-electron chi connectivity index (χ2n) is 9.45. The third-order valence-electron chi connectivity index (χ3n) is 6.14. The number of ether oxygens (including phenoxy) is 2. The van der Waals surface area contributed by atoms with Gasteiger partial charge >= 0.3 is 24.3 Å². The zero-order valence-electron chi connectivity index (χ0n) is 22.6. The van der Waals surface area contributed by atoms with E-state index in [1.165, 1.54) is 11.1 Å². The third kappa shape index (κ3) is 12.2. The van der Waals surface area contributed by atoms with E-state index >= 15 is 0 Å². The summed E-state index contributed by atoms with van der Waals surface area (Å²) < 4.78 is 75.9. The van der Waals surface area contributed by atoms with Gasteiger partial charge in [0.2, 0.25) is 5.95 Å². The maximum Gasteiger partial charge on any atom is 0.490 e. The lowest BCUT2D eigenvalue weighted by atomic mass is 9.99. The summed E-state index contributed by atoms with van der Waals surface area (Å²) in [5.74, 6) is -4.86. The molecular formula is C26H32F6N4O6. The van der Waals surface area contributed by atoms with Crippen LogP contribution in [0.2, 0.25) is 0 Å². The Labute approximate surface area is 237 Å². The molecule has 2 fully saturated rings. The van der Waals surface area contributed by atoms with Crippen molar-refractivity contribution in [2.24, 2.45) is 0 Å². The van der Waals surface area contributed by atoms with E-state index in [2.05, 4.69) is 51.4 Å². The van der Waals surface area contributed by atoms with Gasteiger partial charge in [-0.15, -0.1) is 0 Å². The molecule has 1 spiro atoms. The van der Waals surface area contributed by atoms with Gasteiger partial charge in [-0.2, -0.15) is 26.3 Å². The summed E-state index contributed by atoms with van der Waals surface area (Å²) >= 11 is 0. The van der Waals surface area contributed by atoms with E-state index in [4.69, 9.17) is 29.3 Å². The summed E-state index contributed by atoms with van der Waals surface area (Å²) in [6.07, 6.45) is -3.37. The van der Waals surface area contributed by atoms with Crippen LogP contribution in [0.25, 0.3) is 0 Å². The van der Waals surface area contributed by atoms with Crippen LogP contribution in [0.3, 0.4) is 0 Å². The molecule has 0 radical (unpaired) electrons. The van der Waals surface area contributed by atoms with Crippen LogP contribution in [-0.2, 0) is 32.0 Å². The van der Waals surface area contributed by atoms with Crippen molar-refractivity contribution < 1.29 is 55.6 Å². The Bertz CT molecular complexity index is 1100. The molecule has 0 unspecified atom stereocenters. The normalized spacial score (nSPS) is 20.9. The highest BCUT2D eigenvalue weighted by Gasteiger charge is 2.43. The van der Waals surface area contributed by atoms with Crippen molar-refractivity contribution in [2.45, 2.75) is 56.8 Å². The molecule has 0 saturated carbocycles. The summed E-state index contributed by atoms with van der Waals surface area (Å²) in [6, 6.07) is 10.8. The average molecular weight is 611 g/mol. The number of aromatic nitrogens is 2. The Balaban J connectivity index is 0.000000367. The number of hydrogen-bond donors (Lipinski definition) is 3. The topological polar surface area (TPSA) is 134 Å². The molecule has 1 aromatic heterocycles. The minimum atomic E-state index is -5.08. The van der Waals surface area contributed by atoms with Crippen LogP contribution >= 0.6 is 0 Å². The number of anilines is 1. The number of carboxylic acid groups (broad SMARTS) is 2. The van der Waals surface area contributed by atoms with E-state index in [0.717, 1.165) is 52.0 Å². The summed E-state index contributed by atoms with van der Waals surface area (Å²) in [5.41, 5.74) is 2.53. The lowest BCUT2D eigenvalue weighted by Crippen LogP contribution is -2.44. The van der Waals surface area contributed by atoms with Crippen LogP contribution in [0.4, 0.5) is 32.3 Å². The van der Waals surface area contributed by atoms with Gasteiger partial charge in [0.25, 0.3) is 0 Å².